The van der Waals surface area contributed by atoms with Crippen LogP contribution in [-0.4, -0.2) is 30.1 Å². The maximum absolute atomic E-state index is 12.9. The van der Waals surface area contributed by atoms with Crippen LogP contribution in [0.2, 0.25) is 0 Å². The van der Waals surface area contributed by atoms with E-state index in [9.17, 15) is 18.0 Å². The van der Waals surface area contributed by atoms with E-state index in [1.807, 2.05) is 35.0 Å². The first-order chi connectivity index (χ1) is 15.9. The van der Waals surface area contributed by atoms with Crippen molar-refractivity contribution in [1.82, 2.24) is 15.2 Å². The van der Waals surface area contributed by atoms with Crippen molar-refractivity contribution in [3.8, 4) is 11.1 Å². The Labute approximate surface area is 192 Å². The minimum Gasteiger partial charge on any atom is -0.353 e. The topological polar surface area (TPSA) is 46.1 Å². The van der Waals surface area contributed by atoms with Crippen molar-refractivity contribution in [2.24, 2.45) is 5.92 Å². The van der Waals surface area contributed by atoms with E-state index in [1.165, 1.54) is 44.2 Å². The van der Waals surface area contributed by atoms with Gasteiger partial charge in [-0.1, -0.05) is 49.6 Å². The molecule has 0 bridgehead atoms. The number of nitrogens with one attached hydrogen (secondary N) is 2. The van der Waals surface area contributed by atoms with Crippen molar-refractivity contribution in [2.75, 3.05) is 19.6 Å². The second-order valence-electron chi connectivity index (χ2n) is 8.82. The molecule has 4 rings (SSSR count). The predicted octanol–water partition coefficient (Wildman–Crippen LogP) is 5.61. The average Bonchev–Trinajstić information content (AvgIpc) is 3.22. The van der Waals surface area contributed by atoms with Crippen LogP contribution in [0.5, 0.6) is 0 Å². The monoisotopic (exact) mass is 457 g/mol. The zero-order valence-corrected chi connectivity index (χ0v) is 18.6. The number of carbonyl (C=O) groups is 1. The quantitative estimate of drug-likeness (QED) is 0.432. The summed E-state index contributed by atoms with van der Waals surface area (Å²) in [7, 11) is 0. The summed E-state index contributed by atoms with van der Waals surface area (Å²) in [5.41, 5.74) is 1.64. The van der Waals surface area contributed by atoms with Crippen LogP contribution in [0.1, 0.15) is 37.7 Å². The summed E-state index contributed by atoms with van der Waals surface area (Å²) in [4.78, 5) is 12.5. The summed E-state index contributed by atoms with van der Waals surface area (Å²) in [6.07, 6.45) is 4.06. The van der Waals surface area contributed by atoms with Gasteiger partial charge in [0.1, 0.15) is 6.54 Å². The number of carbonyl (C=O) groups excluding carboxylic acids is 1. The smallest absolute Gasteiger partial charge is 0.353 e. The van der Waals surface area contributed by atoms with Gasteiger partial charge in [-0.3, -0.25) is 4.79 Å². The van der Waals surface area contributed by atoms with Gasteiger partial charge in [0.15, 0.2) is 0 Å². The van der Waals surface area contributed by atoms with Crippen LogP contribution >= 0.6 is 0 Å². The molecular weight excluding hydrogens is 427 g/mol. The largest absolute Gasteiger partial charge is 0.416 e. The Morgan fingerprint density at radius 3 is 2.45 bits per heavy atom. The van der Waals surface area contributed by atoms with E-state index in [0.717, 1.165) is 47.6 Å². The third-order valence-corrected chi connectivity index (χ3v) is 6.41. The van der Waals surface area contributed by atoms with Gasteiger partial charge in [0.25, 0.3) is 0 Å². The highest BCUT2D eigenvalue weighted by molar-refractivity contribution is 5.95. The van der Waals surface area contributed by atoms with Gasteiger partial charge in [-0.15, -0.1) is 0 Å². The Hall–Kier alpha value is -2.80. The highest BCUT2D eigenvalue weighted by atomic mass is 19.4. The number of alkyl halides is 3. The Bertz CT molecular complexity index is 1070. The second-order valence-corrected chi connectivity index (χ2v) is 8.82. The molecule has 0 radical (unpaired) electrons. The molecule has 2 aromatic carbocycles. The first kappa shape index (κ1) is 23.4. The van der Waals surface area contributed by atoms with Crippen LogP contribution in [-0.2, 0) is 17.5 Å². The van der Waals surface area contributed by atoms with Crippen molar-refractivity contribution >= 4 is 16.8 Å². The zero-order chi connectivity index (χ0) is 23.3. The molecule has 1 aliphatic carbocycles. The van der Waals surface area contributed by atoms with Gasteiger partial charge in [-0.2, -0.15) is 13.2 Å². The predicted molar refractivity (Wildman–Crippen MR) is 125 cm³/mol. The molecule has 0 saturated heterocycles. The van der Waals surface area contributed by atoms with E-state index in [1.54, 1.807) is 0 Å². The number of hydrogen-bond donors (Lipinski definition) is 2. The van der Waals surface area contributed by atoms with E-state index >= 15 is 0 Å². The lowest BCUT2D eigenvalue weighted by molar-refractivity contribution is -0.137. The summed E-state index contributed by atoms with van der Waals surface area (Å²) < 4.78 is 40.6. The fraction of sp³-hybridized carbons (Fsp3) is 0.423. The maximum atomic E-state index is 12.9. The normalized spacial score (nSPS) is 15.1. The molecule has 3 aromatic rings. The number of benzene rings is 2. The molecule has 0 spiro atoms. The minimum atomic E-state index is -4.37. The van der Waals surface area contributed by atoms with Crippen LogP contribution in [0.15, 0.2) is 54.7 Å². The molecule has 7 heteroatoms. The molecule has 0 atom stereocenters. The second kappa shape index (κ2) is 10.4. The van der Waals surface area contributed by atoms with E-state index in [2.05, 4.69) is 10.6 Å². The SMILES string of the molecule is O=C(Cn1ccc2cccc(-c3ccc(C(F)(F)F)cc3)c21)NCCNCC1CCCCC1. The molecule has 1 saturated carbocycles. The van der Waals surface area contributed by atoms with Crippen LogP contribution < -0.4 is 10.6 Å². The first-order valence-electron chi connectivity index (χ1n) is 11.6. The van der Waals surface area contributed by atoms with Crippen LogP contribution in [0.25, 0.3) is 22.0 Å². The third kappa shape index (κ3) is 5.96. The van der Waals surface area contributed by atoms with Gasteiger partial charge >= 0.3 is 6.18 Å². The van der Waals surface area contributed by atoms with Crippen molar-refractivity contribution in [3.63, 3.8) is 0 Å². The van der Waals surface area contributed by atoms with Gasteiger partial charge in [0.05, 0.1) is 11.1 Å². The molecule has 1 fully saturated rings. The highest BCUT2D eigenvalue weighted by Crippen LogP contribution is 2.33. The molecule has 0 aliphatic heterocycles. The van der Waals surface area contributed by atoms with E-state index in [4.69, 9.17) is 0 Å². The Morgan fingerprint density at radius 1 is 0.970 bits per heavy atom. The summed E-state index contributed by atoms with van der Waals surface area (Å²) >= 11 is 0. The standard InChI is InChI=1S/C26H30F3N3O/c27-26(28,29)22-11-9-20(10-12-22)23-8-4-7-21-13-16-32(25(21)23)18-24(33)31-15-14-30-17-19-5-2-1-3-6-19/h4,7-13,16,19,30H,1-3,5-6,14-15,17-18H2,(H,31,33). The highest BCUT2D eigenvalue weighted by Gasteiger charge is 2.30. The summed E-state index contributed by atoms with van der Waals surface area (Å²) in [6, 6.07) is 12.7. The molecule has 33 heavy (non-hydrogen) atoms. The molecule has 1 heterocycles. The van der Waals surface area contributed by atoms with E-state index in [0.29, 0.717) is 12.1 Å². The van der Waals surface area contributed by atoms with Crippen LogP contribution in [0.3, 0.4) is 0 Å². The van der Waals surface area contributed by atoms with Crippen LogP contribution in [0.4, 0.5) is 13.2 Å². The van der Waals surface area contributed by atoms with Gasteiger partial charge < -0.3 is 15.2 Å². The number of amides is 1. The molecule has 1 amide bonds. The minimum absolute atomic E-state index is 0.0887. The molecular formula is C26H30F3N3O. The average molecular weight is 458 g/mol. The van der Waals surface area contributed by atoms with Gasteiger partial charge in [-0.25, -0.2) is 0 Å². The van der Waals surface area contributed by atoms with Crippen molar-refractivity contribution in [1.29, 1.82) is 0 Å². The van der Waals surface area contributed by atoms with Crippen LogP contribution in [0, 0.1) is 5.92 Å². The van der Waals surface area contributed by atoms with E-state index < -0.39 is 11.7 Å². The number of rotatable bonds is 8. The zero-order valence-electron chi connectivity index (χ0n) is 18.6. The van der Waals surface area contributed by atoms with Crippen molar-refractivity contribution in [2.45, 2.75) is 44.8 Å². The fourth-order valence-corrected chi connectivity index (χ4v) is 4.66. The molecule has 1 aliphatic rings. The number of fused-ring (bicyclic) bond motifs is 1. The Kier molecular flexibility index (Phi) is 7.38. The summed E-state index contributed by atoms with van der Waals surface area (Å²) in [6.45, 7) is 2.47. The molecule has 176 valence electrons. The molecule has 1 aromatic heterocycles. The van der Waals surface area contributed by atoms with Gasteiger partial charge in [-0.05, 0) is 49.1 Å². The lowest BCUT2D eigenvalue weighted by Crippen LogP contribution is -2.35. The summed E-state index contributed by atoms with van der Waals surface area (Å²) in [5, 5.41) is 7.34. The number of para-hydroxylation sites is 1. The Balaban J connectivity index is 1.37. The summed E-state index contributed by atoms with van der Waals surface area (Å²) in [5.74, 6) is 0.665. The van der Waals surface area contributed by atoms with Crippen molar-refractivity contribution < 1.29 is 18.0 Å². The molecule has 4 nitrogen and oxygen atoms in total. The molecule has 0 unspecified atom stereocenters. The third-order valence-electron chi connectivity index (χ3n) is 6.41. The number of hydrogen-bond acceptors (Lipinski definition) is 2. The first-order valence-corrected chi connectivity index (χ1v) is 11.6. The number of halogens is 3. The molecule has 2 N–H and O–H groups in total. The van der Waals surface area contributed by atoms with Gasteiger partial charge in [0, 0.05) is 30.2 Å². The Morgan fingerprint density at radius 2 is 1.73 bits per heavy atom. The van der Waals surface area contributed by atoms with E-state index in [-0.39, 0.29) is 12.5 Å². The number of aromatic nitrogens is 1. The van der Waals surface area contributed by atoms with Gasteiger partial charge in [0.2, 0.25) is 5.91 Å². The van der Waals surface area contributed by atoms with Crippen molar-refractivity contribution in [3.05, 3.63) is 60.3 Å². The number of nitrogens with zero attached hydrogens (tertiary/aromatic N) is 1. The lowest BCUT2D eigenvalue weighted by atomic mass is 9.89. The fourth-order valence-electron chi connectivity index (χ4n) is 4.66. The lowest BCUT2D eigenvalue weighted by Gasteiger charge is -2.21. The maximum Gasteiger partial charge on any atom is 0.416 e.